The Bertz CT molecular complexity index is 1580. The molecule has 7 nitrogen and oxygen atoms in total. The molecule has 202 valence electrons. The molecule has 39 heavy (non-hydrogen) atoms. The van der Waals surface area contributed by atoms with E-state index in [-0.39, 0.29) is 11.8 Å². The normalized spacial score (nSPS) is 14.8. The van der Waals surface area contributed by atoms with Crippen LogP contribution in [0.2, 0.25) is 0 Å². The fourth-order valence-electron chi connectivity index (χ4n) is 5.92. The number of carboxylic acids is 1. The van der Waals surface area contributed by atoms with E-state index in [4.69, 9.17) is 0 Å². The highest BCUT2D eigenvalue weighted by Crippen LogP contribution is 2.38. The molecular weight excluding hydrogens is 488 g/mol. The molecule has 1 aliphatic rings. The number of benzene rings is 3. The third kappa shape index (κ3) is 4.71. The number of fused-ring (bicyclic) bond motifs is 2. The average molecular weight is 525 g/mol. The molecule has 0 bridgehead atoms. The summed E-state index contributed by atoms with van der Waals surface area (Å²) in [5.74, 6) is -1.83. The van der Waals surface area contributed by atoms with Gasteiger partial charge in [-0.25, -0.2) is 4.68 Å². The van der Waals surface area contributed by atoms with Gasteiger partial charge in [-0.2, -0.15) is 0 Å². The summed E-state index contributed by atoms with van der Waals surface area (Å²) in [6.45, 7) is 13.8. The molecule has 0 radical (unpaired) electrons. The van der Waals surface area contributed by atoms with Crippen LogP contribution in [0.3, 0.4) is 0 Å². The number of rotatable bonds is 6. The second-order valence-corrected chi connectivity index (χ2v) is 10.9. The first-order valence-corrected chi connectivity index (χ1v) is 13.6. The van der Waals surface area contributed by atoms with E-state index in [0.29, 0.717) is 19.6 Å². The number of amides is 1. The second-order valence-electron chi connectivity index (χ2n) is 10.9. The maximum absolute atomic E-state index is 13.5. The summed E-state index contributed by atoms with van der Waals surface area (Å²) in [5.41, 5.74) is 11.0. The quantitative estimate of drug-likeness (QED) is 0.348. The lowest BCUT2D eigenvalue weighted by Gasteiger charge is -2.31. The minimum atomic E-state index is -0.851. The predicted molar refractivity (Wildman–Crippen MR) is 152 cm³/mol. The maximum Gasteiger partial charge on any atom is 0.307 e. The number of hydrogen-bond acceptors (Lipinski definition) is 4. The third-order valence-corrected chi connectivity index (χ3v) is 8.57. The number of aromatic nitrogens is 3. The van der Waals surface area contributed by atoms with Crippen molar-refractivity contribution in [1.29, 1.82) is 0 Å². The number of carboxylic acid groups (broad SMARTS) is 1. The summed E-state index contributed by atoms with van der Waals surface area (Å²) in [6, 6.07) is 14.2. The molecule has 1 aromatic heterocycles. The molecule has 1 amide bonds. The molecule has 2 atom stereocenters. The van der Waals surface area contributed by atoms with Crippen molar-refractivity contribution in [1.82, 2.24) is 19.9 Å². The monoisotopic (exact) mass is 524 g/mol. The van der Waals surface area contributed by atoms with Gasteiger partial charge >= 0.3 is 5.97 Å². The SMILES string of the molecule is CCn1nnc2c(C)c([C@H](c3ccc4c(c3)CN(C(=O)c3cc(C)c(C)c(C)c3)CC4)[C@H](C)C(=O)O)ccc21. The topological polar surface area (TPSA) is 88.3 Å². The van der Waals surface area contributed by atoms with Gasteiger partial charge in [-0.15, -0.1) is 5.10 Å². The van der Waals surface area contributed by atoms with Crippen molar-refractivity contribution in [3.63, 3.8) is 0 Å². The molecule has 1 aliphatic heterocycles. The van der Waals surface area contributed by atoms with Gasteiger partial charge in [-0.05, 0) is 104 Å². The zero-order chi connectivity index (χ0) is 28.0. The van der Waals surface area contributed by atoms with Crippen molar-refractivity contribution in [2.75, 3.05) is 6.54 Å². The van der Waals surface area contributed by atoms with Gasteiger partial charge in [0.2, 0.25) is 0 Å². The van der Waals surface area contributed by atoms with E-state index >= 15 is 0 Å². The minimum absolute atomic E-state index is 0.0352. The summed E-state index contributed by atoms with van der Waals surface area (Å²) < 4.78 is 1.85. The average Bonchev–Trinajstić information content (AvgIpc) is 3.36. The largest absolute Gasteiger partial charge is 0.481 e. The van der Waals surface area contributed by atoms with Crippen LogP contribution in [0, 0.1) is 33.6 Å². The Hall–Kier alpha value is -4.00. The van der Waals surface area contributed by atoms with Gasteiger partial charge in [0.15, 0.2) is 0 Å². The van der Waals surface area contributed by atoms with Crippen molar-refractivity contribution >= 4 is 22.9 Å². The summed E-state index contributed by atoms with van der Waals surface area (Å²) in [6.07, 6.45) is 0.773. The number of carbonyl (C=O) groups excluding carboxylic acids is 1. The first-order chi connectivity index (χ1) is 18.6. The number of nitrogens with zero attached hydrogens (tertiary/aromatic N) is 4. The van der Waals surface area contributed by atoms with Crippen LogP contribution < -0.4 is 0 Å². The van der Waals surface area contributed by atoms with Crippen molar-refractivity contribution in [2.24, 2.45) is 5.92 Å². The lowest BCUT2D eigenvalue weighted by molar-refractivity contribution is -0.141. The van der Waals surface area contributed by atoms with E-state index in [1.165, 1.54) is 11.1 Å². The summed E-state index contributed by atoms with van der Waals surface area (Å²) >= 11 is 0. The Balaban J connectivity index is 1.52. The van der Waals surface area contributed by atoms with Gasteiger partial charge < -0.3 is 10.0 Å². The Labute approximate surface area is 229 Å². The Kier molecular flexibility index (Phi) is 7.02. The first kappa shape index (κ1) is 26.6. The van der Waals surface area contributed by atoms with Crippen LogP contribution >= 0.6 is 0 Å². The Morgan fingerprint density at radius 3 is 2.36 bits per heavy atom. The van der Waals surface area contributed by atoms with Crippen LogP contribution in [0.4, 0.5) is 0 Å². The molecule has 1 N–H and O–H groups in total. The van der Waals surface area contributed by atoms with Crippen molar-refractivity contribution in [3.05, 3.63) is 92.5 Å². The number of hydrogen-bond donors (Lipinski definition) is 1. The van der Waals surface area contributed by atoms with E-state index in [0.717, 1.165) is 56.4 Å². The highest BCUT2D eigenvalue weighted by atomic mass is 16.4. The summed E-state index contributed by atoms with van der Waals surface area (Å²) in [4.78, 5) is 27.7. The second kappa shape index (κ2) is 10.3. The lowest BCUT2D eigenvalue weighted by Crippen LogP contribution is -2.36. The number of aryl methyl sites for hydroxylation is 4. The number of aliphatic carboxylic acids is 1. The first-order valence-electron chi connectivity index (χ1n) is 13.6. The molecule has 2 heterocycles. The molecular formula is C32H36N4O3. The van der Waals surface area contributed by atoms with Gasteiger partial charge in [-0.1, -0.05) is 36.4 Å². The highest BCUT2D eigenvalue weighted by molar-refractivity contribution is 5.95. The molecule has 0 aliphatic carbocycles. The minimum Gasteiger partial charge on any atom is -0.481 e. The molecule has 0 spiro atoms. The van der Waals surface area contributed by atoms with E-state index in [1.807, 2.05) is 61.5 Å². The van der Waals surface area contributed by atoms with E-state index in [9.17, 15) is 14.7 Å². The zero-order valence-corrected chi connectivity index (χ0v) is 23.6. The van der Waals surface area contributed by atoms with Gasteiger partial charge in [-0.3, -0.25) is 9.59 Å². The van der Waals surface area contributed by atoms with Crippen LogP contribution in [0.15, 0.2) is 42.5 Å². The van der Waals surface area contributed by atoms with Gasteiger partial charge in [0.05, 0.1) is 11.4 Å². The van der Waals surface area contributed by atoms with E-state index in [2.05, 4.69) is 35.4 Å². The van der Waals surface area contributed by atoms with Crippen LogP contribution in [-0.2, 0) is 24.3 Å². The molecule has 0 saturated heterocycles. The lowest BCUT2D eigenvalue weighted by atomic mass is 9.78. The van der Waals surface area contributed by atoms with E-state index < -0.39 is 11.9 Å². The number of carbonyl (C=O) groups is 2. The highest BCUT2D eigenvalue weighted by Gasteiger charge is 2.31. The smallest absolute Gasteiger partial charge is 0.307 e. The molecule has 3 aromatic carbocycles. The van der Waals surface area contributed by atoms with Crippen LogP contribution in [0.1, 0.15) is 74.6 Å². The zero-order valence-electron chi connectivity index (χ0n) is 23.6. The van der Waals surface area contributed by atoms with Gasteiger partial charge in [0, 0.05) is 31.1 Å². The fraction of sp³-hybridized carbons (Fsp3) is 0.375. The van der Waals surface area contributed by atoms with Gasteiger partial charge in [0.1, 0.15) is 5.52 Å². The Morgan fingerprint density at radius 2 is 1.69 bits per heavy atom. The van der Waals surface area contributed by atoms with Crippen LogP contribution in [0.5, 0.6) is 0 Å². The molecule has 4 aromatic rings. The van der Waals surface area contributed by atoms with Crippen molar-refractivity contribution in [3.8, 4) is 0 Å². The molecule has 7 heteroatoms. The molecule has 0 unspecified atom stereocenters. The maximum atomic E-state index is 13.5. The van der Waals surface area contributed by atoms with Crippen molar-refractivity contribution in [2.45, 2.75) is 67.0 Å². The predicted octanol–water partition coefficient (Wildman–Crippen LogP) is 5.74. The van der Waals surface area contributed by atoms with E-state index in [1.54, 1.807) is 6.92 Å². The fourth-order valence-corrected chi connectivity index (χ4v) is 5.92. The summed E-state index contributed by atoms with van der Waals surface area (Å²) in [7, 11) is 0. The van der Waals surface area contributed by atoms with Crippen LogP contribution in [-0.4, -0.2) is 43.4 Å². The standard InChI is InChI=1S/C32H36N4O3/c1-7-36-28-11-10-27(21(5)30(28)33-34-36)29(22(6)32(38)39)24-9-8-23-12-13-35(17-26(23)16-24)31(37)25-14-18(2)20(4)19(3)15-25/h8-11,14-16,22,29H,7,12-13,17H2,1-6H3,(H,38,39)/t22-,29-/m0/s1. The third-order valence-electron chi connectivity index (χ3n) is 8.57. The Morgan fingerprint density at radius 1 is 0.974 bits per heavy atom. The molecule has 0 saturated carbocycles. The van der Waals surface area contributed by atoms with Crippen LogP contribution in [0.25, 0.3) is 11.0 Å². The summed E-state index contributed by atoms with van der Waals surface area (Å²) in [5, 5.41) is 18.7. The molecule has 5 rings (SSSR count). The van der Waals surface area contributed by atoms with Crippen molar-refractivity contribution < 1.29 is 14.7 Å². The van der Waals surface area contributed by atoms with Gasteiger partial charge in [0.25, 0.3) is 5.91 Å². The molecule has 0 fully saturated rings.